The van der Waals surface area contributed by atoms with Crippen molar-refractivity contribution in [3.8, 4) is 0 Å². The normalized spacial score (nSPS) is 9.83. The average molecular weight is 191 g/mol. The molecule has 0 saturated carbocycles. The molecule has 0 fully saturated rings. The molecular formula is C10H19ClO. The van der Waals surface area contributed by atoms with Crippen molar-refractivity contribution in [2.75, 3.05) is 6.61 Å². The number of hydrogen-bond acceptors (Lipinski definition) is 1. The Bertz CT molecular complexity index is 112. The quantitative estimate of drug-likeness (QED) is 0.414. The zero-order valence-corrected chi connectivity index (χ0v) is 8.70. The highest BCUT2D eigenvalue weighted by Crippen LogP contribution is 2.06. The summed E-state index contributed by atoms with van der Waals surface area (Å²) < 4.78 is 5.02. The smallest absolute Gasteiger partial charge is 0.179 e. The van der Waals surface area contributed by atoms with Crippen molar-refractivity contribution in [3.63, 3.8) is 0 Å². The molecule has 0 N–H and O–H groups in total. The van der Waals surface area contributed by atoms with Gasteiger partial charge in [-0.25, -0.2) is 0 Å². The molecule has 72 valence electrons. The zero-order chi connectivity index (χ0) is 9.23. The number of halogens is 1. The van der Waals surface area contributed by atoms with E-state index in [1.807, 2.05) is 0 Å². The molecule has 0 radical (unpaired) electrons. The van der Waals surface area contributed by atoms with Crippen molar-refractivity contribution < 1.29 is 4.74 Å². The van der Waals surface area contributed by atoms with Crippen LogP contribution in [0.2, 0.25) is 0 Å². The van der Waals surface area contributed by atoms with Crippen molar-refractivity contribution in [3.05, 3.63) is 11.8 Å². The van der Waals surface area contributed by atoms with Crippen molar-refractivity contribution in [1.82, 2.24) is 0 Å². The van der Waals surface area contributed by atoms with Gasteiger partial charge in [-0.15, -0.1) is 0 Å². The van der Waals surface area contributed by atoms with Crippen molar-refractivity contribution in [2.45, 2.75) is 45.4 Å². The van der Waals surface area contributed by atoms with Crippen LogP contribution in [0.1, 0.15) is 45.4 Å². The highest BCUT2D eigenvalue weighted by Gasteiger charge is 1.91. The minimum atomic E-state index is 0.309. The van der Waals surface area contributed by atoms with Gasteiger partial charge >= 0.3 is 0 Å². The molecule has 0 aromatic heterocycles. The number of unbranched alkanes of at least 4 members (excludes halogenated alkanes) is 5. The summed E-state index contributed by atoms with van der Waals surface area (Å²) in [6.45, 7) is 6.39. The first-order valence-electron chi connectivity index (χ1n) is 4.74. The standard InChI is InChI=1S/C10H19ClO/c1-3-4-5-6-7-8-9-12-10(2)11/h2-9H2,1H3. The monoisotopic (exact) mass is 190 g/mol. The second kappa shape index (κ2) is 8.92. The molecule has 1 nitrogen and oxygen atoms in total. The van der Waals surface area contributed by atoms with E-state index in [4.69, 9.17) is 16.3 Å². The Kier molecular flexibility index (Phi) is 8.80. The molecule has 2 heteroatoms. The van der Waals surface area contributed by atoms with Gasteiger partial charge in [0.15, 0.2) is 5.22 Å². The van der Waals surface area contributed by atoms with Gasteiger partial charge in [-0.1, -0.05) is 39.0 Å². The topological polar surface area (TPSA) is 9.23 Å². The number of ether oxygens (including phenoxy) is 1. The van der Waals surface area contributed by atoms with E-state index in [1.54, 1.807) is 0 Å². The van der Waals surface area contributed by atoms with Gasteiger partial charge in [-0.2, -0.15) is 0 Å². The summed E-state index contributed by atoms with van der Waals surface area (Å²) in [4.78, 5) is 0. The summed E-state index contributed by atoms with van der Waals surface area (Å²) >= 11 is 5.42. The average Bonchev–Trinajstić information content (AvgIpc) is 2.02. The zero-order valence-electron chi connectivity index (χ0n) is 7.94. The van der Waals surface area contributed by atoms with Gasteiger partial charge in [0.25, 0.3) is 0 Å². The highest BCUT2D eigenvalue weighted by atomic mass is 35.5. The molecule has 0 aromatic rings. The minimum Gasteiger partial charge on any atom is -0.483 e. The fourth-order valence-corrected chi connectivity index (χ4v) is 1.14. The van der Waals surface area contributed by atoms with Crippen LogP contribution in [0, 0.1) is 0 Å². The first-order chi connectivity index (χ1) is 5.77. The molecule has 0 amide bonds. The predicted molar refractivity (Wildman–Crippen MR) is 54.3 cm³/mol. The number of rotatable bonds is 8. The van der Waals surface area contributed by atoms with E-state index in [9.17, 15) is 0 Å². The Hall–Kier alpha value is -0.170. The van der Waals surface area contributed by atoms with Crippen LogP contribution >= 0.6 is 11.6 Å². The van der Waals surface area contributed by atoms with Crippen molar-refractivity contribution in [2.24, 2.45) is 0 Å². The molecule has 0 saturated heterocycles. The van der Waals surface area contributed by atoms with Gasteiger partial charge in [-0.05, 0) is 24.6 Å². The van der Waals surface area contributed by atoms with Crippen LogP contribution in [0.5, 0.6) is 0 Å². The second-order valence-electron chi connectivity index (χ2n) is 2.97. The second-order valence-corrected chi connectivity index (χ2v) is 3.39. The lowest BCUT2D eigenvalue weighted by Gasteiger charge is -2.02. The molecule has 0 aliphatic heterocycles. The maximum absolute atomic E-state index is 5.42. The van der Waals surface area contributed by atoms with E-state index < -0.39 is 0 Å². The fraction of sp³-hybridized carbons (Fsp3) is 0.800. The fourth-order valence-electron chi connectivity index (χ4n) is 1.07. The van der Waals surface area contributed by atoms with Crippen molar-refractivity contribution >= 4 is 11.6 Å². The minimum absolute atomic E-state index is 0.309. The summed E-state index contributed by atoms with van der Waals surface area (Å²) in [7, 11) is 0. The largest absolute Gasteiger partial charge is 0.483 e. The van der Waals surface area contributed by atoms with Crippen LogP contribution in [0.25, 0.3) is 0 Å². The van der Waals surface area contributed by atoms with E-state index >= 15 is 0 Å². The Morgan fingerprint density at radius 1 is 1.17 bits per heavy atom. The van der Waals surface area contributed by atoms with Gasteiger partial charge in [0.2, 0.25) is 0 Å². The van der Waals surface area contributed by atoms with Crippen LogP contribution in [0.3, 0.4) is 0 Å². The van der Waals surface area contributed by atoms with E-state index in [0.29, 0.717) is 11.8 Å². The SMILES string of the molecule is C=C(Cl)OCCCCCCCC. The summed E-state index contributed by atoms with van der Waals surface area (Å²) in [5.74, 6) is 0. The van der Waals surface area contributed by atoms with E-state index in [2.05, 4.69) is 13.5 Å². The van der Waals surface area contributed by atoms with Crippen LogP contribution in [0.4, 0.5) is 0 Å². The Morgan fingerprint density at radius 2 is 1.75 bits per heavy atom. The predicted octanol–water partition coefficient (Wildman–Crippen LogP) is 4.07. The summed E-state index contributed by atoms with van der Waals surface area (Å²) in [5.41, 5.74) is 0. The molecule has 0 aliphatic rings. The Balaban J connectivity index is 2.86. The molecular weight excluding hydrogens is 172 g/mol. The summed E-state index contributed by atoms with van der Waals surface area (Å²) in [6.07, 6.45) is 7.64. The van der Waals surface area contributed by atoms with E-state index in [1.165, 1.54) is 32.1 Å². The highest BCUT2D eigenvalue weighted by molar-refractivity contribution is 6.27. The molecule has 0 atom stereocenters. The lowest BCUT2D eigenvalue weighted by molar-refractivity contribution is 0.229. The molecule has 0 spiro atoms. The molecule has 12 heavy (non-hydrogen) atoms. The van der Waals surface area contributed by atoms with E-state index in [0.717, 1.165) is 6.42 Å². The third-order valence-electron chi connectivity index (χ3n) is 1.76. The number of hydrogen-bond donors (Lipinski definition) is 0. The van der Waals surface area contributed by atoms with Crippen LogP contribution in [-0.4, -0.2) is 6.61 Å². The van der Waals surface area contributed by atoms with Crippen LogP contribution < -0.4 is 0 Å². The van der Waals surface area contributed by atoms with Gasteiger partial charge in [0.1, 0.15) is 0 Å². The van der Waals surface area contributed by atoms with Crippen LogP contribution in [-0.2, 0) is 4.74 Å². The van der Waals surface area contributed by atoms with Crippen molar-refractivity contribution in [1.29, 1.82) is 0 Å². The molecule has 0 unspecified atom stereocenters. The lowest BCUT2D eigenvalue weighted by Crippen LogP contribution is -1.89. The van der Waals surface area contributed by atoms with E-state index in [-0.39, 0.29) is 0 Å². The van der Waals surface area contributed by atoms with Gasteiger partial charge in [-0.3, -0.25) is 0 Å². The third-order valence-corrected chi connectivity index (χ3v) is 1.87. The maximum atomic E-state index is 5.42. The van der Waals surface area contributed by atoms with Gasteiger partial charge in [0, 0.05) is 0 Å². The summed E-state index contributed by atoms with van der Waals surface area (Å²) in [5, 5.41) is 0.309. The molecule has 0 aromatic carbocycles. The maximum Gasteiger partial charge on any atom is 0.179 e. The lowest BCUT2D eigenvalue weighted by atomic mass is 10.1. The first kappa shape index (κ1) is 11.8. The molecule has 0 rings (SSSR count). The Morgan fingerprint density at radius 3 is 2.33 bits per heavy atom. The molecule has 0 heterocycles. The molecule has 0 aliphatic carbocycles. The first-order valence-corrected chi connectivity index (χ1v) is 5.12. The van der Waals surface area contributed by atoms with Gasteiger partial charge in [0.05, 0.1) is 6.61 Å². The summed E-state index contributed by atoms with van der Waals surface area (Å²) in [6, 6.07) is 0. The Labute approximate surface area is 80.8 Å². The third kappa shape index (κ3) is 9.83. The molecule has 0 bridgehead atoms. The van der Waals surface area contributed by atoms with Crippen LogP contribution in [0.15, 0.2) is 11.8 Å². The van der Waals surface area contributed by atoms with Gasteiger partial charge < -0.3 is 4.74 Å².